The van der Waals surface area contributed by atoms with Crippen molar-refractivity contribution in [2.75, 3.05) is 5.75 Å². The number of aromatic nitrogens is 4. The topological polar surface area (TPSA) is 85.1 Å². The number of hydrogen-bond donors (Lipinski definition) is 1. The molecule has 34 heavy (non-hydrogen) atoms. The first-order chi connectivity index (χ1) is 16.8. The van der Waals surface area contributed by atoms with Crippen LogP contribution in [0.3, 0.4) is 0 Å². The van der Waals surface area contributed by atoms with Crippen molar-refractivity contribution in [2.24, 2.45) is 5.10 Å². The lowest BCUT2D eigenvalue weighted by Gasteiger charge is -2.09. The second-order valence-corrected chi connectivity index (χ2v) is 10.0. The largest absolute Gasteiger partial charge is 0.284 e. The van der Waals surface area contributed by atoms with Gasteiger partial charge >= 0.3 is 0 Å². The van der Waals surface area contributed by atoms with Crippen LogP contribution in [0.25, 0.3) is 27.6 Å². The van der Waals surface area contributed by atoms with Gasteiger partial charge in [-0.3, -0.25) is 14.3 Å². The molecular formula is C24H18N6OS3. The highest BCUT2D eigenvalue weighted by molar-refractivity contribution is 8.01. The van der Waals surface area contributed by atoms with E-state index in [9.17, 15) is 4.79 Å². The third-order valence-electron chi connectivity index (χ3n) is 4.69. The first-order valence-corrected chi connectivity index (χ1v) is 13.0. The van der Waals surface area contributed by atoms with Crippen molar-refractivity contribution in [1.29, 1.82) is 0 Å². The second-order valence-electron chi connectivity index (χ2n) is 6.96. The molecule has 10 heteroatoms. The van der Waals surface area contributed by atoms with Gasteiger partial charge in [-0.05, 0) is 29.8 Å². The highest BCUT2D eigenvalue weighted by Gasteiger charge is 2.12. The number of para-hydroxylation sites is 1. The zero-order chi connectivity index (χ0) is 23.2. The predicted molar refractivity (Wildman–Crippen MR) is 137 cm³/mol. The Kier molecular flexibility index (Phi) is 6.89. The van der Waals surface area contributed by atoms with Crippen LogP contribution < -0.4 is 10.2 Å². The molecule has 2 aromatic carbocycles. The standard InChI is InChI=1S/C24H18N6OS3/c31-21(16-33-24-29-27-22(34-24)19-13-7-8-14-25-19)26-28-23-30(18-11-5-2-6-12-18)20(15-32-23)17-9-3-1-4-10-17/h1-15H,16H2,(H,26,31)/b28-23+. The van der Waals surface area contributed by atoms with Gasteiger partial charge in [0, 0.05) is 17.3 Å². The van der Waals surface area contributed by atoms with Gasteiger partial charge in [-0.15, -0.1) is 26.6 Å². The Balaban J connectivity index is 1.32. The normalized spacial score (nSPS) is 11.5. The van der Waals surface area contributed by atoms with Crippen LogP contribution in [0.4, 0.5) is 0 Å². The molecule has 0 saturated heterocycles. The molecule has 7 nitrogen and oxygen atoms in total. The predicted octanol–water partition coefficient (Wildman–Crippen LogP) is 4.84. The first kappa shape index (κ1) is 22.2. The van der Waals surface area contributed by atoms with Crippen LogP contribution in [0.5, 0.6) is 0 Å². The maximum absolute atomic E-state index is 12.5. The van der Waals surface area contributed by atoms with Gasteiger partial charge in [0.2, 0.25) is 4.80 Å². The number of carbonyl (C=O) groups excluding carboxylic acids is 1. The molecule has 5 rings (SSSR count). The molecule has 1 amide bonds. The number of nitrogens with zero attached hydrogens (tertiary/aromatic N) is 5. The van der Waals surface area contributed by atoms with Crippen LogP contribution in [0.2, 0.25) is 0 Å². The molecule has 168 valence electrons. The number of thiazole rings is 1. The lowest BCUT2D eigenvalue weighted by atomic mass is 10.1. The average Bonchev–Trinajstić information content (AvgIpc) is 3.55. The Morgan fingerprint density at radius 3 is 2.50 bits per heavy atom. The van der Waals surface area contributed by atoms with Gasteiger partial charge in [0.25, 0.3) is 5.91 Å². The van der Waals surface area contributed by atoms with Crippen molar-refractivity contribution < 1.29 is 4.79 Å². The molecule has 3 aromatic heterocycles. The van der Waals surface area contributed by atoms with Gasteiger partial charge < -0.3 is 0 Å². The fourth-order valence-corrected chi connectivity index (χ4v) is 5.64. The van der Waals surface area contributed by atoms with Gasteiger partial charge in [-0.1, -0.05) is 77.7 Å². The molecule has 3 heterocycles. The number of thioether (sulfide) groups is 1. The van der Waals surface area contributed by atoms with Crippen LogP contribution in [0.1, 0.15) is 0 Å². The van der Waals surface area contributed by atoms with Crippen molar-refractivity contribution in [3.05, 3.63) is 95.2 Å². The minimum absolute atomic E-state index is 0.183. The van der Waals surface area contributed by atoms with E-state index in [0.29, 0.717) is 9.14 Å². The Morgan fingerprint density at radius 2 is 1.74 bits per heavy atom. The number of benzene rings is 2. The van der Waals surface area contributed by atoms with Gasteiger partial charge in [-0.2, -0.15) is 0 Å². The number of nitrogens with one attached hydrogen (secondary N) is 1. The third kappa shape index (κ3) is 5.14. The fraction of sp³-hybridized carbons (Fsp3) is 0.0417. The van der Waals surface area contributed by atoms with Crippen molar-refractivity contribution in [3.63, 3.8) is 0 Å². The quantitative estimate of drug-likeness (QED) is 0.254. The summed E-state index contributed by atoms with van der Waals surface area (Å²) in [7, 11) is 0. The monoisotopic (exact) mass is 502 g/mol. The van der Waals surface area contributed by atoms with E-state index in [1.165, 1.54) is 34.4 Å². The van der Waals surface area contributed by atoms with Crippen LogP contribution >= 0.6 is 34.4 Å². The number of rotatable bonds is 7. The first-order valence-electron chi connectivity index (χ1n) is 10.3. The molecule has 5 aromatic rings. The van der Waals surface area contributed by atoms with E-state index in [1.807, 2.05) is 76.7 Å². The van der Waals surface area contributed by atoms with E-state index in [-0.39, 0.29) is 11.7 Å². The highest BCUT2D eigenvalue weighted by Crippen LogP contribution is 2.28. The third-order valence-corrected chi connectivity index (χ3v) is 7.59. The Morgan fingerprint density at radius 1 is 0.971 bits per heavy atom. The summed E-state index contributed by atoms with van der Waals surface area (Å²) in [6, 6.07) is 25.7. The molecule has 0 bridgehead atoms. The van der Waals surface area contributed by atoms with Gasteiger partial charge in [0.05, 0.1) is 11.4 Å². The molecule has 0 radical (unpaired) electrons. The molecule has 1 N–H and O–H groups in total. The van der Waals surface area contributed by atoms with Crippen molar-refractivity contribution >= 4 is 40.3 Å². The lowest BCUT2D eigenvalue weighted by molar-refractivity contribution is -0.118. The summed E-state index contributed by atoms with van der Waals surface area (Å²) in [4.78, 5) is 17.5. The molecule has 0 aliphatic heterocycles. The summed E-state index contributed by atoms with van der Waals surface area (Å²) >= 11 is 4.20. The Bertz CT molecular complexity index is 1450. The highest BCUT2D eigenvalue weighted by atomic mass is 32.2. The summed E-state index contributed by atoms with van der Waals surface area (Å²) in [5, 5.41) is 15.5. The van der Waals surface area contributed by atoms with Crippen LogP contribution in [-0.2, 0) is 4.79 Å². The molecule has 0 aliphatic carbocycles. The Hall–Kier alpha value is -3.60. The van der Waals surface area contributed by atoms with E-state index in [0.717, 1.165) is 27.6 Å². The van der Waals surface area contributed by atoms with Crippen LogP contribution in [0.15, 0.2) is 99.9 Å². The second kappa shape index (κ2) is 10.6. The minimum atomic E-state index is -0.214. The summed E-state index contributed by atoms with van der Waals surface area (Å²) < 4.78 is 2.75. The SMILES string of the molecule is O=C(CSc1nnc(-c2ccccn2)s1)N/N=c1/scc(-c2ccccc2)n1-c1ccccc1. The number of pyridine rings is 1. The molecule has 0 spiro atoms. The van der Waals surface area contributed by atoms with E-state index < -0.39 is 0 Å². The molecule has 0 fully saturated rings. The smallest absolute Gasteiger partial charge is 0.250 e. The number of amides is 1. The number of hydrogen-bond acceptors (Lipinski definition) is 8. The van der Waals surface area contributed by atoms with Crippen molar-refractivity contribution in [2.45, 2.75) is 4.34 Å². The maximum atomic E-state index is 12.5. The van der Waals surface area contributed by atoms with Crippen LogP contribution in [0, 0.1) is 0 Å². The minimum Gasteiger partial charge on any atom is -0.284 e. The molecule has 0 aliphatic rings. The van der Waals surface area contributed by atoms with E-state index in [4.69, 9.17) is 0 Å². The van der Waals surface area contributed by atoms with Gasteiger partial charge in [0.15, 0.2) is 9.35 Å². The molecule has 0 saturated carbocycles. The molecular weight excluding hydrogens is 485 g/mol. The van der Waals surface area contributed by atoms with E-state index in [2.05, 4.69) is 37.8 Å². The molecule has 0 atom stereocenters. The average molecular weight is 503 g/mol. The lowest BCUT2D eigenvalue weighted by Crippen LogP contribution is -2.25. The zero-order valence-electron chi connectivity index (χ0n) is 17.7. The summed E-state index contributed by atoms with van der Waals surface area (Å²) in [5.74, 6) is -0.0309. The van der Waals surface area contributed by atoms with Crippen molar-refractivity contribution in [1.82, 2.24) is 25.2 Å². The van der Waals surface area contributed by atoms with Crippen molar-refractivity contribution in [3.8, 4) is 27.6 Å². The summed E-state index contributed by atoms with van der Waals surface area (Å²) in [5.41, 5.74) is 6.51. The Labute approximate surface area is 207 Å². The number of carbonyl (C=O) groups is 1. The van der Waals surface area contributed by atoms with Gasteiger partial charge in [0.1, 0.15) is 5.69 Å². The van der Waals surface area contributed by atoms with E-state index in [1.54, 1.807) is 6.20 Å². The van der Waals surface area contributed by atoms with Crippen LogP contribution in [-0.4, -0.2) is 31.4 Å². The zero-order valence-corrected chi connectivity index (χ0v) is 20.2. The molecule has 0 unspecified atom stereocenters. The summed E-state index contributed by atoms with van der Waals surface area (Å²) in [6.45, 7) is 0. The van der Waals surface area contributed by atoms with Gasteiger partial charge in [-0.25, -0.2) is 5.43 Å². The fourth-order valence-electron chi connectivity index (χ4n) is 3.16. The summed E-state index contributed by atoms with van der Waals surface area (Å²) in [6.07, 6.45) is 1.72. The maximum Gasteiger partial charge on any atom is 0.250 e. The van der Waals surface area contributed by atoms with E-state index >= 15 is 0 Å².